The van der Waals surface area contributed by atoms with E-state index in [-0.39, 0.29) is 18.5 Å². The third-order valence-electron chi connectivity index (χ3n) is 12.9. The lowest BCUT2D eigenvalue weighted by atomic mass is 10.0. The Morgan fingerprint density at radius 3 is 1.16 bits per heavy atom. The van der Waals surface area contributed by atoms with Gasteiger partial charge in [-0.05, 0) is 83.5 Å². The second kappa shape index (κ2) is 53.7. The zero-order valence-corrected chi connectivity index (χ0v) is 42.8. The first kappa shape index (κ1) is 62.1. The van der Waals surface area contributed by atoms with Crippen molar-refractivity contribution in [3.63, 3.8) is 0 Å². The highest BCUT2D eigenvalue weighted by molar-refractivity contribution is 5.76. The van der Waals surface area contributed by atoms with Gasteiger partial charge in [0.25, 0.3) is 0 Å². The van der Waals surface area contributed by atoms with E-state index in [4.69, 9.17) is 4.74 Å². The molecule has 3 N–H and O–H groups in total. The molecule has 376 valence electrons. The van der Waals surface area contributed by atoms with Gasteiger partial charge >= 0.3 is 5.97 Å². The highest BCUT2D eigenvalue weighted by Gasteiger charge is 2.18. The van der Waals surface area contributed by atoms with E-state index in [1.165, 1.54) is 199 Å². The van der Waals surface area contributed by atoms with Crippen LogP contribution < -0.4 is 5.32 Å². The van der Waals surface area contributed by atoms with Gasteiger partial charge in [0.2, 0.25) is 5.91 Å². The normalized spacial score (nSPS) is 12.9. The second-order valence-corrected chi connectivity index (χ2v) is 19.3. The average molecular weight is 901 g/mol. The Kier molecular flexibility index (Phi) is 52.1. The molecule has 0 radical (unpaired) electrons. The second-order valence-electron chi connectivity index (χ2n) is 19.3. The SMILES string of the molecule is CCCCC/C=C\CCCCCCCC(=O)OCCCCCCCC/C=C\CCCCCC(=O)NC(CO)C(O)/C=C/CCCCCCCCCCCCCCCCCCCCCC. The molecule has 0 spiro atoms. The Balaban J connectivity index is 3.54. The Bertz CT molecular complexity index is 1040. The van der Waals surface area contributed by atoms with E-state index in [2.05, 4.69) is 43.5 Å². The van der Waals surface area contributed by atoms with Gasteiger partial charge in [-0.25, -0.2) is 0 Å². The third-order valence-corrected chi connectivity index (χ3v) is 12.9. The first-order chi connectivity index (χ1) is 31.5. The first-order valence-corrected chi connectivity index (χ1v) is 28.3. The number of aliphatic hydroxyl groups is 2. The zero-order valence-electron chi connectivity index (χ0n) is 42.8. The highest BCUT2D eigenvalue weighted by Crippen LogP contribution is 2.16. The molecule has 0 aliphatic rings. The van der Waals surface area contributed by atoms with Crippen molar-refractivity contribution in [2.45, 2.75) is 309 Å². The molecular weight excluding hydrogens is 791 g/mol. The van der Waals surface area contributed by atoms with Crippen LogP contribution >= 0.6 is 0 Å². The van der Waals surface area contributed by atoms with Gasteiger partial charge in [0.15, 0.2) is 0 Å². The fraction of sp³-hybridized carbons (Fsp3) is 0.862. The van der Waals surface area contributed by atoms with Gasteiger partial charge in [0.05, 0.1) is 25.4 Å². The van der Waals surface area contributed by atoms with Crippen molar-refractivity contribution in [2.75, 3.05) is 13.2 Å². The number of hydrogen-bond acceptors (Lipinski definition) is 5. The van der Waals surface area contributed by atoms with Crippen LogP contribution in [0.4, 0.5) is 0 Å². The Hall–Kier alpha value is -1.92. The fourth-order valence-corrected chi connectivity index (χ4v) is 8.50. The van der Waals surface area contributed by atoms with Crippen LogP contribution in [-0.2, 0) is 14.3 Å². The number of carbonyl (C=O) groups is 2. The maximum atomic E-state index is 12.5. The predicted octanol–water partition coefficient (Wildman–Crippen LogP) is 17.2. The summed E-state index contributed by atoms with van der Waals surface area (Å²) in [5.74, 6) is -0.121. The van der Waals surface area contributed by atoms with Gasteiger partial charge in [0, 0.05) is 12.8 Å². The average Bonchev–Trinajstić information content (AvgIpc) is 3.29. The molecule has 0 aromatic heterocycles. The fourth-order valence-electron chi connectivity index (χ4n) is 8.50. The number of hydrogen-bond donors (Lipinski definition) is 3. The van der Waals surface area contributed by atoms with Gasteiger partial charge in [-0.3, -0.25) is 9.59 Å². The van der Waals surface area contributed by atoms with Crippen LogP contribution in [0.3, 0.4) is 0 Å². The van der Waals surface area contributed by atoms with Crippen molar-refractivity contribution < 1.29 is 24.5 Å². The minimum absolute atomic E-state index is 0.0241. The van der Waals surface area contributed by atoms with E-state index < -0.39 is 12.1 Å². The molecule has 0 saturated carbocycles. The number of unbranched alkanes of at least 4 members (excludes halogenated alkanes) is 37. The Labute approximate surface area is 398 Å². The van der Waals surface area contributed by atoms with Crippen LogP contribution in [0.15, 0.2) is 36.5 Å². The number of aliphatic hydroxyl groups excluding tert-OH is 2. The maximum Gasteiger partial charge on any atom is 0.305 e. The molecule has 1 amide bonds. The molecule has 64 heavy (non-hydrogen) atoms. The molecule has 2 unspecified atom stereocenters. The van der Waals surface area contributed by atoms with E-state index in [1.54, 1.807) is 6.08 Å². The minimum Gasteiger partial charge on any atom is -0.466 e. The molecule has 0 aliphatic carbocycles. The molecular formula is C58H109NO5. The van der Waals surface area contributed by atoms with Gasteiger partial charge in [0.1, 0.15) is 0 Å². The maximum absolute atomic E-state index is 12.5. The molecule has 0 aromatic carbocycles. The third kappa shape index (κ3) is 49.5. The Morgan fingerprint density at radius 2 is 0.734 bits per heavy atom. The number of allylic oxidation sites excluding steroid dienone is 5. The number of esters is 1. The molecule has 0 aliphatic heterocycles. The summed E-state index contributed by atoms with van der Waals surface area (Å²) in [7, 11) is 0. The van der Waals surface area contributed by atoms with Crippen molar-refractivity contribution in [3.05, 3.63) is 36.5 Å². The molecule has 0 bridgehead atoms. The summed E-state index contributed by atoms with van der Waals surface area (Å²) >= 11 is 0. The number of nitrogens with one attached hydrogen (secondary N) is 1. The monoisotopic (exact) mass is 900 g/mol. The summed E-state index contributed by atoms with van der Waals surface area (Å²) in [6.45, 7) is 4.84. The van der Waals surface area contributed by atoms with Gasteiger partial charge in [-0.2, -0.15) is 0 Å². The lowest BCUT2D eigenvalue weighted by Crippen LogP contribution is -2.45. The van der Waals surface area contributed by atoms with Gasteiger partial charge in [-0.15, -0.1) is 0 Å². The lowest BCUT2D eigenvalue weighted by Gasteiger charge is -2.19. The topological polar surface area (TPSA) is 95.9 Å². The molecule has 0 aromatic rings. The summed E-state index contributed by atoms with van der Waals surface area (Å²) in [5.41, 5.74) is 0. The minimum atomic E-state index is -0.863. The zero-order chi connectivity index (χ0) is 46.5. The number of amides is 1. The number of rotatable bonds is 52. The largest absolute Gasteiger partial charge is 0.466 e. The van der Waals surface area contributed by atoms with Gasteiger partial charge < -0.3 is 20.3 Å². The molecule has 6 heteroatoms. The Morgan fingerprint density at radius 1 is 0.422 bits per heavy atom. The van der Waals surface area contributed by atoms with E-state index in [9.17, 15) is 19.8 Å². The molecule has 0 saturated heterocycles. The first-order valence-electron chi connectivity index (χ1n) is 28.3. The van der Waals surface area contributed by atoms with Crippen LogP contribution in [0.5, 0.6) is 0 Å². The molecule has 0 rings (SSSR count). The summed E-state index contributed by atoms with van der Waals surface area (Å²) in [6, 6.07) is -0.649. The summed E-state index contributed by atoms with van der Waals surface area (Å²) in [4.78, 5) is 24.5. The van der Waals surface area contributed by atoms with Crippen molar-refractivity contribution in [1.29, 1.82) is 0 Å². The quantitative estimate of drug-likeness (QED) is 0.0321. The summed E-state index contributed by atoms with van der Waals surface area (Å²) < 4.78 is 5.44. The van der Waals surface area contributed by atoms with Crippen LogP contribution in [0.1, 0.15) is 296 Å². The summed E-state index contributed by atoms with van der Waals surface area (Å²) in [5, 5.41) is 23.1. The van der Waals surface area contributed by atoms with Crippen LogP contribution in [-0.4, -0.2) is 47.4 Å². The molecule has 6 nitrogen and oxygen atoms in total. The predicted molar refractivity (Wildman–Crippen MR) is 278 cm³/mol. The smallest absolute Gasteiger partial charge is 0.305 e. The van der Waals surface area contributed by atoms with E-state index in [1.807, 2.05) is 6.08 Å². The number of ether oxygens (including phenoxy) is 1. The number of carbonyl (C=O) groups excluding carboxylic acids is 2. The lowest BCUT2D eigenvalue weighted by molar-refractivity contribution is -0.143. The van der Waals surface area contributed by atoms with E-state index in [0.29, 0.717) is 19.4 Å². The summed E-state index contributed by atoms with van der Waals surface area (Å²) in [6.07, 6.45) is 65.9. The van der Waals surface area contributed by atoms with Crippen LogP contribution in [0, 0.1) is 0 Å². The van der Waals surface area contributed by atoms with E-state index >= 15 is 0 Å². The van der Waals surface area contributed by atoms with E-state index in [0.717, 1.165) is 70.6 Å². The van der Waals surface area contributed by atoms with Crippen LogP contribution in [0.25, 0.3) is 0 Å². The van der Waals surface area contributed by atoms with Crippen LogP contribution in [0.2, 0.25) is 0 Å². The van der Waals surface area contributed by atoms with Crippen molar-refractivity contribution >= 4 is 11.9 Å². The molecule has 2 atom stereocenters. The van der Waals surface area contributed by atoms with Crippen molar-refractivity contribution in [1.82, 2.24) is 5.32 Å². The molecule has 0 fully saturated rings. The highest BCUT2D eigenvalue weighted by atomic mass is 16.5. The van der Waals surface area contributed by atoms with Gasteiger partial charge in [-0.1, -0.05) is 237 Å². The standard InChI is InChI=1S/C58H109NO5/c1-3-5-7-9-11-13-15-17-18-19-20-21-22-23-24-25-27-30-34-38-42-46-50-56(61)55(54-60)59-57(62)51-47-43-39-35-31-28-26-29-33-37-41-45-49-53-64-58(63)52-48-44-40-36-32-16-14-12-10-8-6-4-2/h12,14,28,31,46,50,55-56,60-61H,3-11,13,15-27,29-30,32-45,47-49,51-54H2,1-2H3,(H,59,62)/b14-12-,31-28-,50-46+. The molecule has 0 heterocycles. The van der Waals surface area contributed by atoms with Crippen molar-refractivity contribution in [2.24, 2.45) is 0 Å². The van der Waals surface area contributed by atoms with Crippen molar-refractivity contribution in [3.8, 4) is 0 Å².